The summed E-state index contributed by atoms with van der Waals surface area (Å²) in [5.41, 5.74) is 15.2. The summed E-state index contributed by atoms with van der Waals surface area (Å²) in [6.07, 6.45) is -0.0730. The number of carbonyl (C=O) groups excluding carboxylic acids is 1. The second kappa shape index (κ2) is 15.6. The molecule has 34 heavy (non-hydrogen) atoms. The minimum Gasteiger partial charge on any atom is -0.422 e. The Morgan fingerprint density at radius 1 is 1.06 bits per heavy atom. The zero-order chi connectivity index (χ0) is 24.6. The number of carbonyl (C=O) groups is 1. The average molecular weight is 478 g/mol. The predicted molar refractivity (Wildman–Crippen MR) is 126 cm³/mol. The van der Waals surface area contributed by atoms with Crippen molar-refractivity contribution in [1.29, 1.82) is 0 Å². The number of rotatable bonds is 17. The molecule has 12 nitrogen and oxygen atoms in total. The fourth-order valence-corrected chi connectivity index (χ4v) is 3.01. The van der Waals surface area contributed by atoms with E-state index in [2.05, 4.69) is 15.3 Å². The van der Waals surface area contributed by atoms with Crippen molar-refractivity contribution < 1.29 is 28.2 Å². The van der Waals surface area contributed by atoms with Gasteiger partial charge in [-0.3, -0.25) is 4.79 Å². The zero-order valence-corrected chi connectivity index (χ0v) is 19.3. The van der Waals surface area contributed by atoms with Crippen molar-refractivity contribution in [3.05, 3.63) is 50.2 Å². The average Bonchev–Trinajstić information content (AvgIpc) is 2.81. The number of nitrogens with zero attached hydrogens (tertiary/aromatic N) is 3. The number of nitrogens with two attached hydrogens (primary N) is 1. The standard InChI is InChI=1S/C22H31N5O7/c1-16-18-3-2-17(23)14-20(18)34-22(29)19(16)15-21(28)25-4-6-30-8-10-32-12-13-33-11-9-31-7-5-26-27-24/h2-3,14H,4-13,15,23H2,1H3,(H,25,28). The summed E-state index contributed by atoms with van der Waals surface area (Å²) in [4.78, 5) is 27.1. The van der Waals surface area contributed by atoms with E-state index >= 15 is 0 Å². The molecule has 1 heterocycles. The van der Waals surface area contributed by atoms with Gasteiger partial charge in [0.1, 0.15) is 5.58 Å². The van der Waals surface area contributed by atoms with E-state index in [9.17, 15) is 9.59 Å². The summed E-state index contributed by atoms with van der Waals surface area (Å²) in [5, 5.41) is 6.83. The van der Waals surface area contributed by atoms with E-state index in [-0.39, 0.29) is 12.3 Å². The Hall–Kier alpha value is -3.15. The van der Waals surface area contributed by atoms with Crippen LogP contribution in [0.1, 0.15) is 11.1 Å². The molecule has 0 radical (unpaired) electrons. The molecule has 0 aliphatic rings. The first-order valence-corrected chi connectivity index (χ1v) is 10.9. The van der Waals surface area contributed by atoms with E-state index in [1.54, 1.807) is 25.1 Å². The van der Waals surface area contributed by atoms with Crippen molar-refractivity contribution in [2.24, 2.45) is 5.11 Å². The Labute approximate surface area is 196 Å². The molecule has 1 aromatic carbocycles. The maximum atomic E-state index is 12.3. The fourth-order valence-electron chi connectivity index (χ4n) is 3.01. The van der Waals surface area contributed by atoms with Crippen molar-refractivity contribution in [2.45, 2.75) is 13.3 Å². The molecule has 0 saturated heterocycles. The molecule has 0 atom stereocenters. The van der Waals surface area contributed by atoms with Crippen LogP contribution >= 0.6 is 0 Å². The number of fused-ring (bicyclic) bond motifs is 1. The number of hydrogen-bond acceptors (Lipinski definition) is 9. The summed E-state index contributed by atoms with van der Waals surface area (Å²) in [7, 11) is 0. The van der Waals surface area contributed by atoms with E-state index in [0.717, 1.165) is 5.39 Å². The van der Waals surface area contributed by atoms with Gasteiger partial charge in [-0.05, 0) is 30.2 Å². The fraction of sp³-hybridized carbons (Fsp3) is 0.545. The van der Waals surface area contributed by atoms with Crippen molar-refractivity contribution in [1.82, 2.24) is 5.32 Å². The Balaban J connectivity index is 1.51. The second-order valence-corrected chi connectivity index (χ2v) is 7.18. The lowest BCUT2D eigenvalue weighted by molar-refractivity contribution is -0.120. The van der Waals surface area contributed by atoms with Crippen molar-refractivity contribution >= 4 is 22.6 Å². The monoisotopic (exact) mass is 477 g/mol. The third-order valence-electron chi connectivity index (χ3n) is 4.73. The highest BCUT2D eigenvalue weighted by Gasteiger charge is 2.14. The van der Waals surface area contributed by atoms with Gasteiger partial charge in [0.25, 0.3) is 0 Å². The largest absolute Gasteiger partial charge is 0.422 e. The SMILES string of the molecule is Cc1c(CC(=O)NCCOCCOCCOCCOCCN=[N+]=[N-])c(=O)oc2cc(N)ccc12. The van der Waals surface area contributed by atoms with Gasteiger partial charge in [-0.15, -0.1) is 0 Å². The number of azide groups is 1. The Morgan fingerprint density at radius 3 is 2.32 bits per heavy atom. The van der Waals surface area contributed by atoms with E-state index in [1.807, 2.05) is 0 Å². The van der Waals surface area contributed by atoms with Gasteiger partial charge >= 0.3 is 5.63 Å². The van der Waals surface area contributed by atoms with Gasteiger partial charge in [0, 0.05) is 35.1 Å². The second-order valence-electron chi connectivity index (χ2n) is 7.18. The van der Waals surface area contributed by atoms with E-state index < -0.39 is 5.63 Å². The van der Waals surface area contributed by atoms with Crippen molar-refractivity contribution in [3.63, 3.8) is 0 Å². The number of anilines is 1. The molecule has 1 amide bonds. The topological polar surface area (TPSA) is 171 Å². The van der Waals surface area contributed by atoms with Crippen LogP contribution in [0.25, 0.3) is 21.4 Å². The van der Waals surface area contributed by atoms with Crippen LogP contribution in [0.15, 0.2) is 32.5 Å². The molecule has 1 aromatic heterocycles. The molecule has 186 valence electrons. The normalized spacial score (nSPS) is 10.9. The molecule has 0 aliphatic heterocycles. The smallest absolute Gasteiger partial charge is 0.340 e. The summed E-state index contributed by atoms with van der Waals surface area (Å²) in [6.45, 7) is 5.62. The maximum Gasteiger partial charge on any atom is 0.340 e. The lowest BCUT2D eigenvalue weighted by Crippen LogP contribution is -2.30. The van der Waals surface area contributed by atoms with Crippen LogP contribution in [0, 0.1) is 6.92 Å². The van der Waals surface area contributed by atoms with Crippen LogP contribution in [0.5, 0.6) is 0 Å². The van der Waals surface area contributed by atoms with Crippen molar-refractivity contribution in [2.75, 3.05) is 71.7 Å². The molecule has 2 rings (SSSR count). The first-order chi connectivity index (χ1) is 16.5. The van der Waals surface area contributed by atoms with Crippen LogP contribution < -0.4 is 16.7 Å². The molecule has 0 spiro atoms. The Bertz CT molecular complexity index is 1020. The summed E-state index contributed by atoms with van der Waals surface area (Å²) in [5.74, 6) is -0.288. The number of benzene rings is 1. The number of ether oxygens (including phenoxy) is 4. The van der Waals surface area contributed by atoms with E-state index in [1.165, 1.54) is 0 Å². The third kappa shape index (κ3) is 9.77. The van der Waals surface area contributed by atoms with Crippen LogP contribution in [-0.2, 0) is 30.2 Å². The maximum absolute atomic E-state index is 12.3. The quantitative estimate of drug-likeness (QED) is 0.0865. The minimum absolute atomic E-state index is 0.0730. The molecule has 3 N–H and O–H groups in total. The van der Waals surface area contributed by atoms with Crippen molar-refractivity contribution in [3.8, 4) is 0 Å². The predicted octanol–water partition coefficient (Wildman–Crippen LogP) is 1.72. The minimum atomic E-state index is -0.541. The molecule has 0 bridgehead atoms. The molecule has 2 aromatic rings. The van der Waals surface area contributed by atoms with Gasteiger partial charge in [-0.25, -0.2) is 4.79 Å². The highest BCUT2D eigenvalue weighted by molar-refractivity contribution is 5.86. The van der Waals surface area contributed by atoms with E-state index in [0.29, 0.717) is 88.3 Å². The molecule has 0 fully saturated rings. The molecule has 0 saturated carbocycles. The number of aryl methyl sites for hydroxylation is 1. The molecule has 12 heteroatoms. The first-order valence-electron chi connectivity index (χ1n) is 10.9. The Morgan fingerprint density at radius 2 is 1.68 bits per heavy atom. The highest BCUT2D eigenvalue weighted by atomic mass is 16.6. The number of amides is 1. The molecular weight excluding hydrogens is 446 g/mol. The molecule has 0 unspecified atom stereocenters. The van der Waals surface area contributed by atoms with E-state index in [4.69, 9.17) is 34.6 Å². The summed E-state index contributed by atoms with van der Waals surface area (Å²) < 4.78 is 26.6. The summed E-state index contributed by atoms with van der Waals surface area (Å²) in [6, 6.07) is 5.09. The lowest BCUT2D eigenvalue weighted by Gasteiger charge is -2.10. The Kier molecular flexibility index (Phi) is 12.5. The zero-order valence-electron chi connectivity index (χ0n) is 19.3. The van der Waals surface area contributed by atoms with Crippen LogP contribution in [0.4, 0.5) is 5.69 Å². The number of nitrogen functional groups attached to an aromatic ring is 1. The van der Waals surface area contributed by atoms with Crippen LogP contribution in [0.3, 0.4) is 0 Å². The van der Waals surface area contributed by atoms with Gasteiger partial charge in [0.15, 0.2) is 0 Å². The van der Waals surface area contributed by atoms with Crippen LogP contribution in [0.2, 0.25) is 0 Å². The number of nitrogens with one attached hydrogen (secondary N) is 1. The van der Waals surface area contributed by atoms with Gasteiger partial charge in [-0.1, -0.05) is 5.11 Å². The first kappa shape index (κ1) is 27.1. The molecule has 0 aliphatic carbocycles. The summed E-state index contributed by atoms with van der Waals surface area (Å²) >= 11 is 0. The van der Waals surface area contributed by atoms with Gasteiger partial charge in [0.05, 0.1) is 64.8 Å². The third-order valence-corrected chi connectivity index (χ3v) is 4.73. The number of hydrogen-bond donors (Lipinski definition) is 2. The van der Waals surface area contributed by atoms with Gasteiger partial charge in [0.2, 0.25) is 5.91 Å². The van der Waals surface area contributed by atoms with Crippen LogP contribution in [-0.4, -0.2) is 71.9 Å². The highest BCUT2D eigenvalue weighted by Crippen LogP contribution is 2.21. The van der Waals surface area contributed by atoms with Gasteiger partial charge < -0.3 is 34.4 Å². The molecular formula is C22H31N5O7. The van der Waals surface area contributed by atoms with Gasteiger partial charge in [-0.2, -0.15) is 0 Å². The lowest BCUT2D eigenvalue weighted by atomic mass is 10.0.